The lowest BCUT2D eigenvalue weighted by molar-refractivity contribution is -0.133. The fourth-order valence-electron chi connectivity index (χ4n) is 2.30. The summed E-state index contributed by atoms with van der Waals surface area (Å²) < 4.78 is 0.976. The number of hydrogen-bond donors (Lipinski definition) is 2. The highest BCUT2D eigenvalue weighted by atomic mass is 79.9. The number of nitrogens with two attached hydrogens (primary N) is 1. The van der Waals surface area contributed by atoms with Gasteiger partial charge in [-0.3, -0.25) is 9.59 Å². The predicted molar refractivity (Wildman–Crippen MR) is 88.4 cm³/mol. The van der Waals surface area contributed by atoms with Gasteiger partial charge in [-0.2, -0.15) is 0 Å². The van der Waals surface area contributed by atoms with E-state index in [4.69, 9.17) is 5.73 Å². The summed E-state index contributed by atoms with van der Waals surface area (Å²) in [4.78, 5) is 25.3. The summed E-state index contributed by atoms with van der Waals surface area (Å²) in [6.07, 6.45) is 1.38. The summed E-state index contributed by atoms with van der Waals surface area (Å²) in [7, 11) is 0. The zero-order chi connectivity index (χ0) is 14.5. The van der Waals surface area contributed by atoms with E-state index in [1.165, 1.54) is 0 Å². The van der Waals surface area contributed by atoms with Crippen molar-refractivity contribution in [3.63, 3.8) is 0 Å². The molecule has 1 saturated heterocycles. The summed E-state index contributed by atoms with van der Waals surface area (Å²) in [5.41, 5.74) is 6.13. The lowest BCUT2D eigenvalue weighted by Crippen LogP contribution is -2.43. The first kappa shape index (κ1) is 17.9. The zero-order valence-electron chi connectivity index (χ0n) is 11.5. The fourth-order valence-corrected chi connectivity index (χ4v) is 2.56. The molecule has 0 radical (unpaired) electrons. The molecule has 1 aliphatic heterocycles. The van der Waals surface area contributed by atoms with E-state index in [9.17, 15) is 9.59 Å². The maximum Gasteiger partial charge on any atom is 0.236 e. The summed E-state index contributed by atoms with van der Waals surface area (Å²) in [5, 5.41) is 2.91. The molecule has 1 fully saturated rings. The van der Waals surface area contributed by atoms with Crippen molar-refractivity contribution in [3.05, 3.63) is 28.7 Å². The van der Waals surface area contributed by atoms with E-state index in [1.807, 2.05) is 24.3 Å². The first-order valence-corrected chi connectivity index (χ1v) is 7.43. The van der Waals surface area contributed by atoms with Gasteiger partial charge in [-0.15, -0.1) is 12.4 Å². The number of piperidine rings is 1. The van der Waals surface area contributed by atoms with E-state index in [0.717, 1.165) is 10.2 Å². The molecule has 7 heteroatoms. The highest BCUT2D eigenvalue weighted by Gasteiger charge is 2.26. The van der Waals surface area contributed by atoms with Crippen LogP contribution in [-0.4, -0.2) is 36.3 Å². The summed E-state index contributed by atoms with van der Waals surface area (Å²) >= 11 is 3.35. The SMILES string of the molecule is Cl.NCC(=O)N1CCC(C(=O)Nc2ccc(Br)cc2)CC1. The van der Waals surface area contributed by atoms with E-state index >= 15 is 0 Å². The van der Waals surface area contributed by atoms with Gasteiger partial charge >= 0.3 is 0 Å². The summed E-state index contributed by atoms with van der Waals surface area (Å²) in [5.74, 6) is -0.0654. The third-order valence-corrected chi connectivity index (χ3v) is 4.03. The minimum atomic E-state index is -0.0447. The van der Waals surface area contributed by atoms with Crippen molar-refractivity contribution in [2.24, 2.45) is 11.7 Å². The second kappa shape index (κ2) is 8.36. The molecule has 5 nitrogen and oxygen atoms in total. The molecule has 0 saturated carbocycles. The average molecular weight is 377 g/mol. The standard InChI is InChI=1S/C14H18BrN3O2.ClH/c15-11-1-3-12(4-2-11)17-14(20)10-5-7-18(8-6-10)13(19)9-16;/h1-4,10H,5-9,16H2,(H,17,20);1H. The number of nitrogens with zero attached hydrogens (tertiary/aromatic N) is 1. The first-order chi connectivity index (χ1) is 9.60. The van der Waals surface area contributed by atoms with Gasteiger partial charge in [0, 0.05) is 29.2 Å². The molecule has 0 aromatic heterocycles. The van der Waals surface area contributed by atoms with Crippen LogP contribution in [0, 0.1) is 5.92 Å². The Morgan fingerprint density at radius 2 is 1.81 bits per heavy atom. The van der Waals surface area contributed by atoms with Gasteiger partial charge in [0.05, 0.1) is 6.54 Å². The van der Waals surface area contributed by atoms with Crippen LogP contribution in [0.2, 0.25) is 0 Å². The number of carbonyl (C=O) groups excluding carboxylic acids is 2. The van der Waals surface area contributed by atoms with E-state index in [1.54, 1.807) is 4.90 Å². The van der Waals surface area contributed by atoms with E-state index in [2.05, 4.69) is 21.2 Å². The molecule has 1 aliphatic rings. The van der Waals surface area contributed by atoms with Crippen molar-refractivity contribution >= 4 is 45.8 Å². The Morgan fingerprint density at radius 1 is 1.24 bits per heavy atom. The van der Waals surface area contributed by atoms with Gasteiger partial charge in [-0.1, -0.05) is 15.9 Å². The maximum atomic E-state index is 12.1. The molecule has 0 bridgehead atoms. The van der Waals surface area contributed by atoms with Crippen molar-refractivity contribution < 1.29 is 9.59 Å². The van der Waals surface area contributed by atoms with Crippen LogP contribution in [-0.2, 0) is 9.59 Å². The molecule has 1 aromatic carbocycles. The molecule has 3 N–H and O–H groups in total. The van der Waals surface area contributed by atoms with Gasteiger partial charge in [0.25, 0.3) is 0 Å². The third-order valence-electron chi connectivity index (χ3n) is 3.50. The summed E-state index contributed by atoms with van der Waals surface area (Å²) in [6.45, 7) is 1.25. The van der Waals surface area contributed by atoms with Crippen LogP contribution in [0.4, 0.5) is 5.69 Å². The molecule has 21 heavy (non-hydrogen) atoms. The van der Waals surface area contributed by atoms with Crippen LogP contribution in [0.25, 0.3) is 0 Å². The Morgan fingerprint density at radius 3 is 2.33 bits per heavy atom. The van der Waals surface area contributed by atoms with Crippen LogP contribution in [0.15, 0.2) is 28.7 Å². The molecule has 1 aromatic rings. The Balaban J connectivity index is 0.00000220. The van der Waals surface area contributed by atoms with Gasteiger partial charge in [-0.25, -0.2) is 0 Å². The normalized spacial score (nSPS) is 15.2. The van der Waals surface area contributed by atoms with Crippen molar-refractivity contribution in [2.75, 3.05) is 25.0 Å². The number of anilines is 1. The monoisotopic (exact) mass is 375 g/mol. The first-order valence-electron chi connectivity index (χ1n) is 6.64. The minimum Gasteiger partial charge on any atom is -0.342 e. The van der Waals surface area contributed by atoms with E-state index in [0.29, 0.717) is 25.9 Å². The molecular weight excluding hydrogens is 358 g/mol. The van der Waals surface area contributed by atoms with Crippen molar-refractivity contribution in [3.8, 4) is 0 Å². The number of rotatable bonds is 3. The van der Waals surface area contributed by atoms with Gasteiger partial charge in [-0.05, 0) is 37.1 Å². The second-order valence-electron chi connectivity index (χ2n) is 4.86. The summed E-state index contributed by atoms with van der Waals surface area (Å²) in [6, 6.07) is 7.49. The van der Waals surface area contributed by atoms with Crippen molar-refractivity contribution in [2.45, 2.75) is 12.8 Å². The van der Waals surface area contributed by atoms with E-state index in [-0.39, 0.29) is 36.7 Å². The molecule has 0 atom stereocenters. The lowest BCUT2D eigenvalue weighted by atomic mass is 9.95. The highest BCUT2D eigenvalue weighted by molar-refractivity contribution is 9.10. The average Bonchev–Trinajstić information content (AvgIpc) is 2.49. The predicted octanol–water partition coefficient (Wildman–Crippen LogP) is 2.01. The minimum absolute atomic E-state index is 0. The van der Waals surface area contributed by atoms with Crippen molar-refractivity contribution in [1.29, 1.82) is 0 Å². The molecule has 0 spiro atoms. The quantitative estimate of drug-likeness (QED) is 0.847. The molecular formula is C14H19BrClN3O2. The number of hydrogen-bond acceptors (Lipinski definition) is 3. The Labute approximate surface area is 138 Å². The number of nitrogens with one attached hydrogen (secondary N) is 1. The highest BCUT2D eigenvalue weighted by Crippen LogP contribution is 2.20. The van der Waals surface area contributed by atoms with Crippen LogP contribution in [0.1, 0.15) is 12.8 Å². The number of amides is 2. The second-order valence-corrected chi connectivity index (χ2v) is 5.77. The van der Waals surface area contributed by atoms with Crippen LogP contribution >= 0.6 is 28.3 Å². The fraction of sp³-hybridized carbons (Fsp3) is 0.429. The molecule has 0 aliphatic carbocycles. The topological polar surface area (TPSA) is 75.4 Å². The largest absolute Gasteiger partial charge is 0.342 e. The Kier molecular flexibility index (Phi) is 7.14. The zero-order valence-corrected chi connectivity index (χ0v) is 14.0. The number of benzene rings is 1. The molecule has 2 rings (SSSR count). The van der Waals surface area contributed by atoms with Gasteiger partial charge in [0.1, 0.15) is 0 Å². The van der Waals surface area contributed by atoms with Crippen LogP contribution in [0.3, 0.4) is 0 Å². The smallest absolute Gasteiger partial charge is 0.236 e. The van der Waals surface area contributed by atoms with Crippen LogP contribution < -0.4 is 11.1 Å². The number of likely N-dealkylation sites (tertiary alicyclic amines) is 1. The molecule has 1 heterocycles. The Hall–Kier alpha value is -1.11. The third kappa shape index (κ3) is 4.98. The van der Waals surface area contributed by atoms with Gasteiger partial charge in [0.15, 0.2) is 0 Å². The van der Waals surface area contributed by atoms with Crippen LogP contribution in [0.5, 0.6) is 0 Å². The Bertz CT molecular complexity index is 487. The number of carbonyl (C=O) groups is 2. The lowest BCUT2D eigenvalue weighted by Gasteiger charge is -2.31. The molecule has 0 unspecified atom stereocenters. The van der Waals surface area contributed by atoms with Crippen molar-refractivity contribution in [1.82, 2.24) is 4.90 Å². The van der Waals surface area contributed by atoms with Gasteiger partial charge < -0.3 is 16.0 Å². The molecule has 2 amide bonds. The maximum absolute atomic E-state index is 12.1. The number of halogens is 2. The van der Waals surface area contributed by atoms with Gasteiger partial charge in [0.2, 0.25) is 11.8 Å². The molecule has 116 valence electrons. The van der Waals surface area contributed by atoms with E-state index < -0.39 is 0 Å².